The number of aromatic amines is 2. The Balaban J connectivity index is 1.37. The van der Waals surface area contributed by atoms with Crippen LogP contribution in [0.25, 0.3) is 54.7 Å². The van der Waals surface area contributed by atoms with Gasteiger partial charge in [-0.15, -0.1) is 0 Å². The number of non-ortho nitro benzene ring substituents is 1. The fraction of sp³-hybridized carbons (Fsp3) is 0.0323. The van der Waals surface area contributed by atoms with Crippen molar-refractivity contribution in [1.29, 1.82) is 0 Å². The van der Waals surface area contributed by atoms with Crippen LogP contribution in [0.2, 0.25) is 5.02 Å². The van der Waals surface area contributed by atoms with Crippen LogP contribution in [0, 0.1) is 17.0 Å². The van der Waals surface area contributed by atoms with Crippen molar-refractivity contribution in [2.45, 2.75) is 6.92 Å². The zero-order valence-corrected chi connectivity index (χ0v) is 22.5. The number of ether oxygens (including phenoxy) is 1. The van der Waals surface area contributed by atoms with Gasteiger partial charge in [0.05, 0.1) is 27.0 Å². The van der Waals surface area contributed by atoms with E-state index in [0.717, 1.165) is 10.9 Å². The Morgan fingerprint density at radius 1 is 0.833 bits per heavy atom. The first-order valence-electron chi connectivity index (χ1n) is 12.8. The number of rotatable bonds is 4. The molecule has 42 heavy (non-hydrogen) atoms. The van der Waals surface area contributed by atoms with E-state index in [-0.39, 0.29) is 17.1 Å². The van der Waals surface area contributed by atoms with E-state index in [1.807, 2.05) is 36.4 Å². The standard InChI is InChI=1S/C31H18ClN5O5/c1-15-13-33-27-20-12-18(37(40)41)8-10-22(20)35-28(24(15)27)30(38)42-31(39)29-25-21(16-5-3-2-4-6-16)14-34-26(25)19-9-7-17(32)11-23(19)36-29/h2-14,33-34H,1H3. The van der Waals surface area contributed by atoms with E-state index in [4.69, 9.17) is 16.3 Å². The molecule has 0 aliphatic carbocycles. The van der Waals surface area contributed by atoms with Gasteiger partial charge in [0, 0.05) is 56.7 Å². The third-order valence-corrected chi connectivity index (χ3v) is 7.48. The van der Waals surface area contributed by atoms with Crippen LogP contribution in [0.5, 0.6) is 0 Å². The molecule has 10 nitrogen and oxygen atoms in total. The zero-order chi connectivity index (χ0) is 29.1. The normalized spacial score (nSPS) is 11.5. The number of nitro benzene ring substituents is 1. The molecule has 0 saturated carbocycles. The molecule has 0 spiro atoms. The van der Waals surface area contributed by atoms with E-state index >= 15 is 0 Å². The molecule has 0 atom stereocenters. The van der Waals surface area contributed by atoms with Gasteiger partial charge in [-0.2, -0.15) is 0 Å². The molecule has 204 valence electrons. The number of pyridine rings is 2. The summed E-state index contributed by atoms with van der Waals surface area (Å²) in [6.45, 7) is 1.76. The molecule has 0 bridgehead atoms. The van der Waals surface area contributed by atoms with Gasteiger partial charge in [-0.25, -0.2) is 19.6 Å². The maximum atomic E-state index is 13.7. The Morgan fingerprint density at radius 2 is 1.52 bits per heavy atom. The van der Waals surface area contributed by atoms with Gasteiger partial charge >= 0.3 is 11.9 Å². The SMILES string of the molecule is Cc1c[nH]c2c1c(C(=O)OC(=O)c1nc3cc(Cl)ccc3c3[nH]cc(-c4ccccc4)c13)nc1ccc([N+](=O)[O-])cc12. The van der Waals surface area contributed by atoms with Gasteiger partial charge < -0.3 is 14.7 Å². The minimum atomic E-state index is -0.981. The first-order chi connectivity index (χ1) is 20.3. The number of hydrogen-bond donors (Lipinski definition) is 2. The average Bonchev–Trinajstić information content (AvgIpc) is 3.61. The summed E-state index contributed by atoms with van der Waals surface area (Å²) in [5.74, 6) is -1.94. The average molecular weight is 576 g/mol. The van der Waals surface area contributed by atoms with Crippen LogP contribution in [-0.4, -0.2) is 36.8 Å². The molecule has 0 fully saturated rings. The molecule has 0 aliphatic heterocycles. The van der Waals surface area contributed by atoms with Crippen molar-refractivity contribution in [3.05, 3.63) is 111 Å². The molecular weight excluding hydrogens is 558 g/mol. The predicted molar refractivity (Wildman–Crippen MR) is 159 cm³/mol. The van der Waals surface area contributed by atoms with Crippen molar-refractivity contribution in [2.75, 3.05) is 0 Å². The lowest BCUT2D eigenvalue weighted by Gasteiger charge is -2.10. The molecule has 0 unspecified atom stereocenters. The second kappa shape index (κ2) is 9.50. The number of H-pyrrole nitrogens is 2. The lowest BCUT2D eigenvalue weighted by molar-refractivity contribution is -0.384. The molecule has 0 aliphatic rings. The van der Waals surface area contributed by atoms with Gasteiger partial charge in [0.1, 0.15) is 0 Å². The molecule has 0 amide bonds. The van der Waals surface area contributed by atoms with E-state index in [9.17, 15) is 19.7 Å². The monoisotopic (exact) mass is 575 g/mol. The van der Waals surface area contributed by atoms with Crippen LogP contribution in [0.3, 0.4) is 0 Å². The summed E-state index contributed by atoms with van der Waals surface area (Å²) in [5, 5.41) is 13.9. The molecule has 7 aromatic rings. The summed E-state index contributed by atoms with van der Waals surface area (Å²) in [5.41, 5.74) is 3.82. The second-order valence-corrected chi connectivity index (χ2v) is 10.2. The highest BCUT2D eigenvalue weighted by atomic mass is 35.5. The van der Waals surface area contributed by atoms with Crippen LogP contribution in [-0.2, 0) is 4.74 Å². The largest absolute Gasteiger partial charge is 0.383 e. The number of nitro groups is 1. The lowest BCUT2D eigenvalue weighted by atomic mass is 10.0. The maximum Gasteiger partial charge on any atom is 0.365 e. The molecule has 3 aromatic carbocycles. The van der Waals surface area contributed by atoms with Crippen molar-refractivity contribution >= 4 is 72.8 Å². The minimum absolute atomic E-state index is 0.0633. The molecule has 2 N–H and O–H groups in total. The van der Waals surface area contributed by atoms with Crippen molar-refractivity contribution in [3.8, 4) is 11.1 Å². The summed E-state index contributed by atoms with van der Waals surface area (Å²) >= 11 is 6.23. The van der Waals surface area contributed by atoms with Gasteiger partial charge in [0.2, 0.25) is 0 Å². The molecule has 0 saturated heterocycles. The van der Waals surface area contributed by atoms with Gasteiger partial charge in [-0.3, -0.25) is 10.1 Å². The van der Waals surface area contributed by atoms with Crippen molar-refractivity contribution in [2.24, 2.45) is 0 Å². The van der Waals surface area contributed by atoms with Crippen LogP contribution < -0.4 is 0 Å². The van der Waals surface area contributed by atoms with Crippen LogP contribution in [0.1, 0.15) is 26.5 Å². The van der Waals surface area contributed by atoms with E-state index in [1.54, 1.807) is 31.5 Å². The Hall–Kier alpha value is -5.61. The quantitative estimate of drug-likeness (QED) is 0.0970. The van der Waals surface area contributed by atoms with Crippen LogP contribution >= 0.6 is 11.6 Å². The number of esters is 2. The van der Waals surface area contributed by atoms with Crippen LogP contribution in [0.4, 0.5) is 5.69 Å². The first kappa shape index (κ1) is 25.4. The highest BCUT2D eigenvalue weighted by molar-refractivity contribution is 6.31. The van der Waals surface area contributed by atoms with Crippen molar-refractivity contribution in [3.63, 3.8) is 0 Å². The molecular formula is C31H18ClN5O5. The third kappa shape index (κ3) is 3.96. The first-order valence-corrected chi connectivity index (χ1v) is 13.2. The molecule has 4 heterocycles. The van der Waals surface area contributed by atoms with E-state index in [1.165, 1.54) is 18.2 Å². The van der Waals surface area contributed by atoms with E-state index < -0.39 is 16.9 Å². The number of halogens is 1. The third-order valence-electron chi connectivity index (χ3n) is 7.24. The van der Waals surface area contributed by atoms with Crippen molar-refractivity contribution < 1.29 is 19.2 Å². The van der Waals surface area contributed by atoms with Gasteiger partial charge in [0.15, 0.2) is 11.4 Å². The Labute approximate surface area is 241 Å². The molecule has 0 radical (unpaired) electrons. The smallest absolute Gasteiger partial charge is 0.365 e. The Morgan fingerprint density at radius 3 is 2.29 bits per heavy atom. The number of benzene rings is 3. The fourth-order valence-corrected chi connectivity index (χ4v) is 5.51. The number of carbonyl (C=O) groups excluding carboxylic acids is 2. The van der Waals surface area contributed by atoms with Crippen LogP contribution in [0.15, 0.2) is 79.1 Å². The highest BCUT2D eigenvalue weighted by Gasteiger charge is 2.27. The number of aryl methyl sites for hydroxylation is 1. The number of carbonyl (C=O) groups is 2. The Kier molecular flexibility index (Phi) is 5.73. The second-order valence-electron chi connectivity index (χ2n) is 9.76. The summed E-state index contributed by atoms with van der Waals surface area (Å²) < 4.78 is 5.44. The summed E-state index contributed by atoms with van der Waals surface area (Å²) in [7, 11) is 0. The maximum absolute atomic E-state index is 13.7. The number of fused-ring (bicyclic) bond motifs is 6. The van der Waals surface area contributed by atoms with Gasteiger partial charge in [-0.05, 0) is 42.3 Å². The van der Waals surface area contributed by atoms with E-state index in [0.29, 0.717) is 54.4 Å². The lowest BCUT2D eigenvalue weighted by Crippen LogP contribution is -2.16. The van der Waals surface area contributed by atoms with Gasteiger partial charge in [-0.1, -0.05) is 41.9 Å². The fourth-order valence-electron chi connectivity index (χ4n) is 5.34. The Bertz CT molecular complexity index is 2270. The zero-order valence-electron chi connectivity index (χ0n) is 21.8. The minimum Gasteiger partial charge on any atom is -0.383 e. The molecule has 11 heteroatoms. The van der Waals surface area contributed by atoms with Gasteiger partial charge in [0.25, 0.3) is 5.69 Å². The number of hydrogen-bond acceptors (Lipinski definition) is 7. The number of nitrogens with one attached hydrogen (secondary N) is 2. The van der Waals surface area contributed by atoms with E-state index in [2.05, 4.69) is 19.9 Å². The highest BCUT2D eigenvalue weighted by Crippen LogP contribution is 2.36. The number of aromatic nitrogens is 4. The predicted octanol–water partition coefficient (Wildman–Crippen LogP) is 7.28. The summed E-state index contributed by atoms with van der Waals surface area (Å²) in [4.78, 5) is 53.5. The number of nitrogens with zero attached hydrogens (tertiary/aromatic N) is 3. The summed E-state index contributed by atoms with van der Waals surface area (Å²) in [6.07, 6.45) is 3.44. The molecule has 4 aromatic heterocycles. The van der Waals surface area contributed by atoms with Crippen molar-refractivity contribution in [1.82, 2.24) is 19.9 Å². The molecule has 7 rings (SSSR count). The topological polar surface area (TPSA) is 144 Å². The summed E-state index contributed by atoms with van der Waals surface area (Å²) in [6, 6.07) is 18.8.